The highest BCUT2D eigenvalue weighted by molar-refractivity contribution is 8.13. The van der Waals surface area contributed by atoms with Crippen LogP contribution >= 0.6 is 11.8 Å². The van der Waals surface area contributed by atoms with Crippen molar-refractivity contribution >= 4 is 40.7 Å². The number of carbonyl (C=O) groups excluding carboxylic acids is 4. The molecule has 11 nitrogen and oxygen atoms in total. The maximum Gasteiger partial charge on any atom is 0.333 e. The number of alkyl halides is 2. The molecular formula is C39H48F2N4O7S. The number of amides is 2. The number of fused-ring (bicyclic) bond motifs is 6. The van der Waals surface area contributed by atoms with Crippen molar-refractivity contribution in [1.82, 2.24) is 14.7 Å². The lowest BCUT2D eigenvalue weighted by Gasteiger charge is -2.69. The SMILES string of the molecule is CC[C@@]12CCC3=Cc4c(cnn4-c4cccc(C(=O)N5CCC[C@@H]5C(N)=O)c4)C[C@]3(C)[C@@]1(F)[C@@H](O)C[C@@]1(C)[C@H]2CC[C@]1(OC(=O)COC)C(=O)SCF. The van der Waals surface area contributed by atoms with Crippen molar-refractivity contribution < 1.29 is 42.5 Å². The number of esters is 1. The number of carbonyl (C=O) groups is 4. The molecule has 0 bridgehead atoms. The molecule has 2 aromatic rings. The van der Waals surface area contributed by atoms with E-state index in [4.69, 9.17) is 20.3 Å². The molecule has 3 N–H and O–H groups in total. The number of rotatable bonds is 9. The fourth-order valence-corrected chi connectivity index (χ4v) is 12.3. The first kappa shape index (κ1) is 37.7. The summed E-state index contributed by atoms with van der Waals surface area (Å²) < 4.78 is 45.3. The lowest BCUT2D eigenvalue weighted by molar-refractivity contribution is -0.270. The number of halogens is 2. The number of primary amides is 1. The zero-order valence-corrected chi connectivity index (χ0v) is 31.5. The van der Waals surface area contributed by atoms with Crippen molar-refractivity contribution in [3.8, 4) is 5.69 Å². The Morgan fingerprint density at radius 3 is 2.64 bits per heavy atom. The molecule has 14 heteroatoms. The van der Waals surface area contributed by atoms with Gasteiger partial charge < -0.3 is 25.2 Å². The normalized spacial score (nSPS) is 35.8. The number of aromatic nitrogens is 2. The molecule has 1 aromatic heterocycles. The number of nitrogens with two attached hydrogens (primary N) is 1. The Hall–Kier alpha value is -3.62. The van der Waals surface area contributed by atoms with E-state index in [2.05, 4.69) is 0 Å². The van der Waals surface area contributed by atoms with Crippen LogP contribution < -0.4 is 5.73 Å². The van der Waals surface area contributed by atoms with Crippen molar-refractivity contribution in [2.75, 3.05) is 26.3 Å². The first-order valence-corrected chi connectivity index (χ1v) is 19.5. The predicted octanol–water partition coefficient (Wildman–Crippen LogP) is 5.10. The number of allylic oxidation sites excluding steroid dienone is 1. The standard InChI is InChI=1S/C39H48F2N4O7S/c1-5-37-13-11-25-17-28-24(20-43-45(28)26-9-6-8-23(16-26)33(49)44-15-7-10-27(44)32(42)48)18-35(25,2)39(37,41)30(46)19-36(3)29(37)12-14-38(36,34(50)53-22-40)52-31(47)21-51-4/h6,8-9,16-17,20,27,29-30,46H,5,7,10-15,18-19,21-22H2,1-4H3,(H2,42,48)/t27-,29-,30+,35+,36+,37+,38+,39+/m1/s1. The van der Waals surface area contributed by atoms with Crippen LogP contribution in [0.15, 0.2) is 36.0 Å². The molecular weight excluding hydrogens is 707 g/mol. The van der Waals surface area contributed by atoms with Gasteiger partial charge in [0.1, 0.15) is 18.7 Å². The molecule has 3 saturated carbocycles. The molecule has 1 aliphatic heterocycles. The number of hydrogen-bond acceptors (Lipinski definition) is 9. The lowest BCUT2D eigenvalue weighted by Crippen LogP contribution is -2.74. The second-order valence-electron chi connectivity index (χ2n) is 16.0. The highest BCUT2D eigenvalue weighted by Crippen LogP contribution is 2.76. The summed E-state index contributed by atoms with van der Waals surface area (Å²) in [6.45, 7) is 5.65. The van der Waals surface area contributed by atoms with Crippen LogP contribution in [0.4, 0.5) is 8.78 Å². The van der Waals surface area contributed by atoms with Crippen molar-refractivity contribution in [2.45, 2.75) is 102 Å². The van der Waals surface area contributed by atoms with Crippen molar-refractivity contribution in [3.63, 3.8) is 0 Å². The van der Waals surface area contributed by atoms with Crippen molar-refractivity contribution in [2.24, 2.45) is 27.9 Å². The number of ether oxygens (including phenoxy) is 2. The van der Waals surface area contributed by atoms with Crippen LogP contribution in [0.1, 0.15) is 93.8 Å². The minimum Gasteiger partial charge on any atom is -0.448 e. The van der Waals surface area contributed by atoms with E-state index in [0.717, 1.165) is 16.8 Å². The van der Waals surface area contributed by atoms with Crippen LogP contribution in [-0.2, 0) is 30.3 Å². The van der Waals surface area contributed by atoms with Gasteiger partial charge >= 0.3 is 5.97 Å². The van der Waals surface area contributed by atoms with Gasteiger partial charge in [-0.25, -0.2) is 18.3 Å². The number of likely N-dealkylation sites (tertiary alicyclic amines) is 1. The maximum absolute atomic E-state index is 18.9. The summed E-state index contributed by atoms with van der Waals surface area (Å²) in [4.78, 5) is 53.7. The number of aliphatic hydroxyl groups excluding tert-OH is 1. The van der Waals surface area contributed by atoms with E-state index in [0.29, 0.717) is 68.1 Å². The zero-order valence-electron chi connectivity index (χ0n) is 30.7. The Kier molecular flexibility index (Phi) is 9.45. The minimum atomic E-state index is -2.13. The van der Waals surface area contributed by atoms with Gasteiger partial charge in [-0.05, 0) is 105 Å². The molecule has 0 unspecified atom stereocenters. The molecule has 4 aliphatic carbocycles. The van der Waals surface area contributed by atoms with Crippen molar-refractivity contribution in [1.29, 1.82) is 0 Å². The second-order valence-corrected chi connectivity index (χ2v) is 16.9. The molecule has 2 heterocycles. The van der Waals surface area contributed by atoms with Crippen LogP contribution in [0, 0.1) is 22.2 Å². The Bertz CT molecular complexity index is 1890. The molecule has 0 radical (unpaired) electrons. The number of thioether (sulfide) groups is 1. The van der Waals surface area contributed by atoms with Crippen LogP contribution in [0.3, 0.4) is 0 Å². The van der Waals surface area contributed by atoms with E-state index in [9.17, 15) is 28.7 Å². The predicted molar refractivity (Wildman–Crippen MR) is 193 cm³/mol. The summed E-state index contributed by atoms with van der Waals surface area (Å²) in [5.41, 5.74) is 1.71. The summed E-state index contributed by atoms with van der Waals surface area (Å²) in [5.74, 6) is -2.03. The summed E-state index contributed by atoms with van der Waals surface area (Å²) in [6, 6.07) is 5.39. The van der Waals surface area contributed by atoms with Gasteiger partial charge in [0.2, 0.25) is 11.0 Å². The molecule has 1 aromatic carbocycles. The number of nitrogens with zero attached hydrogens (tertiary/aromatic N) is 3. The van der Waals surface area contributed by atoms with Crippen LogP contribution in [0.25, 0.3) is 11.8 Å². The van der Waals surface area contributed by atoms with Gasteiger partial charge in [-0.2, -0.15) is 5.10 Å². The molecule has 7 rings (SSSR count). The maximum atomic E-state index is 18.9. The molecule has 2 amide bonds. The summed E-state index contributed by atoms with van der Waals surface area (Å²) in [6.07, 6.45) is 5.21. The average molecular weight is 755 g/mol. The molecule has 1 saturated heterocycles. The molecule has 286 valence electrons. The van der Waals surface area contributed by atoms with Gasteiger partial charge in [0.15, 0.2) is 11.3 Å². The first-order chi connectivity index (χ1) is 25.2. The highest BCUT2D eigenvalue weighted by Gasteiger charge is 2.80. The largest absolute Gasteiger partial charge is 0.448 e. The third kappa shape index (κ3) is 5.13. The number of methoxy groups -OCH3 is 1. The van der Waals surface area contributed by atoms with Gasteiger partial charge in [0.05, 0.1) is 23.7 Å². The highest BCUT2D eigenvalue weighted by atomic mass is 32.2. The fourth-order valence-electron chi connectivity index (χ4n) is 11.6. The number of aliphatic hydroxyl groups is 1. The van der Waals surface area contributed by atoms with Gasteiger partial charge in [-0.1, -0.05) is 32.4 Å². The Morgan fingerprint density at radius 1 is 1.17 bits per heavy atom. The van der Waals surface area contributed by atoms with Gasteiger partial charge in [0, 0.05) is 35.5 Å². The van der Waals surface area contributed by atoms with E-state index < -0.39 is 75.2 Å². The first-order valence-electron chi connectivity index (χ1n) is 18.5. The van der Waals surface area contributed by atoms with Crippen LogP contribution in [0.5, 0.6) is 0 Å². The molecule has 53 heavy (non-hydrogen) atoms. The van der Waals surface area contributed by atoms with Gasteiger partial charge in [0.25, 0.3) is 5.91 Å². The quantitative estimate of drug-likeness (QED) is 0.333. The third-order valence-corrected chi connectivity index (χ3v) is 14.6. The Morgan fingerprint density at radius 2 is 1.94 bits per heavy atom. The zero-order chi connectivity index (χ0) is 38.1. The second kappa shape index (κ2) is 13.3. The molecule has 5 aliphatic rings. The smallest absolute Gasteiger partial charge is 0.333 e. The molecule has 4 fully saturated rings. The third-order valence-electron chi connectivity index (χ3n) is 13.9. The van der Waals surface area contributed by atoms with E-state index in [1.807, 2.05) is 26.0 Å². The summed E-state index contributed by atoms with van der Waals surface area (Å²) in [5, 5.41) is 16.3. The van der Waals surface area contributed by atoms with Gasteiger partial charge in [-0.3, -0.25) is 14.4 Å². The van der Waals surface area contributed by atoms with E-state index in [-0.39, 0.29) is 25.2 Å². The lowest BCUT2D eigenvalue weighted by atomic mass is 9.37. The minimum absolute atomic E-state index is 0.0961. The fraction of sp³-hybridized carbons (Fsp3) is 0.615. The molecule has 0 spiro atoms. The van der Waals surface area contributed by atoms with E-state index >= 15 is 4.39 Å². The number of hydrogen-bond donors (Lipinski definition) is 2. The summed E-state index contributed by atoms with van der Waals surface area (Å²) in [7, 11) is 1.33. The monoisotopic (exact) mass is 754 g/mol. The van der Waals surface area contributed by atoms with E-state index in [1.165, 1.54) is 12.0 Å². The molecule has 8 atom stereocenters. The van der Waals surface area contributed by atoms with Crippen LogP contribution in [-0.4, -0.2) is 92.4 Å². The Balaban J connectivity index is 1.25. The summed E-state index contributed by atoms with van der Waals surface area (Å²) >= 11 is 0.441. The van der Waals surface area contributed by atoms with Crippen molar-refractivity contribution in [3.05, 3.63) is 52.9 Å². The average Bonchev–Trinajstić information content (AvgIpc) is 3.85. The van der Waals surface area contributed by atoms with Crippen LogP contribution in [0.2, 0.25) is 0 Å². The Labute approximate surface area is 312 Å². The van der Waals surface area contributed by atoms with Gasteiger partial charge in [-0.15, -0.1) is 0 Å². The van der Waals surface area contributed by atoms with E-state index in [1.54, 1.807) is 36.0 Å². The topological polar surface area (TPSA) is 154 Å². The number of benzene rings is 1.